The fourth-order valence-electron chi connectivity index (χ4n) is 4.21. The molecule has 0 aromatic carbocycles. The average molecular weight is 291 g/mol. The molecule has 2 aliphatic rings. The van der Waals surface area contributed by atoms with Gasteiger partial charge in [0.2, 0.25) is 0 Å². The number of anilines is 1. The summed E-state index contributed by atoms with van der Waals surface area (Å²) in [5.41, 5.74) is 7.50. The summed E-state index contributed by atoms with van der Waals surface area (Å²) in [6.45, 7) is 2.95. The molecule has 1 saturated heterocycles. The number of amidine groups is 1. The molecule has 1 atom stereocenters. The molecule has 1 aromatic heterocycles. The van der Waals surface area contributed by atoms with E-state index in [9.17, 15) is 0 Å². The first-order chi connectivity index (χ1) is 10.1. The molecule has 2 heterocycles. The van der Waals surface area contributed by atoms with E-state index in [0.717, 1.165) is 29.5 Å². The molecule has 0 bridgehead atoms. The zero-order valence-corrected chi connectivity index (χ0v) is 12.9. The molecule has 3 N–H and O–H groups in total. The lowest BCUT2D eigenvalue weighted by atomic mass is 9.96. The first-order valence-corrected chi connectivity index (χ1v) is 7.91. The second kappa shape index (κ2) is 5.58. The van der Waals surface area contributed by atoms with Gasteiger partial charge < -0.3 is 15.8 Å². The van der Waals surface area contributed by atoms with Crippen molar-refractivity contribution in [3.05, 3.63) is 11.3 Å². The van der Waals surface area contributed by atoms with Crippen molar-refractivity contribution >= 4 is 11.7 Å². The normalized spacial score (nSPS) is 24.2. The van der Waals surface area contributed by atoms with E-state index in [0.29, 0.717) is 6.04 Å². The summed E-state index contributed by atoms with van der Waals surface area (Å²) in [5.74, 6) is 1.95. The molecule has 6 nitrogen and oxygen atoms in total. The van der Waals surface area contributed by atoms with E-state index >= 15 is 0 Å². The van der Waals surface area contributed by atoms with Crippen molar-refractivity contribution in [3.8, 4) is 0 Å². The zero-order valence-electron chi connectivity index (χ0n) is 12.9. The molecule has 0 radical (unpaired) electrons. The Kier molecular flexibility index (Phi) is 3.78. The van der Waals surface area contributed by atoms with Gasteiger partial charge in [0.05, 0.1) is 11.3 Å². The van der Waals surface area contributed by atoms with Crippen molar-refractivity contribution in [1.29, 1.82) is 0 Å². The van der Waals surface area contributed by atoms with Crippen molar-refractivity contribution in [1.82, 2.24) is 9.78 Å². The summed E-state index contributed by atoms with van der Waals surface area (Å²) in [6, 6.07) is 0.576. The maximum absolute atomic E-state index is 9.07. The average Bonchev–Trinajstić information content (AvgIpc) is 3.16. The fraction of sp³-hybridized carbons (Fsp3) is 0.733. The maximum atomic E-state index is 9.07. The summed E-state index contributed by atoms with van der Waals surface area (Å²) in [7, 11) is 1.94. The monoisotopic (exact) mass is 291 g/mol. The van der Waals surface area contributed by atoms with Gasteiger partial charge in [-0.1, -0.05) is 18.0 Å². The second-order valence-corrected chi connectivity index (χ2v) is 6.34. The Morgan fingerprint density at radius 1 is 1.29 bits per heavy atom. The minimum absolute atomic E-state index is 0.160. The molecule has 0 amide bonds. The standard InChI is InChI=1S/C15H25N5O/c1-10-13(14(16)18-21)15(19(2)17-10)20-9-5-8-12(20)11-6-3-4-7-11/h11-12,21H,3-9H2,1-2H3,(H2,16,18). The molecular weight excluding hydrogens is 266 g/mol. The van der Waals surface area contributed by atoms with E-state index in [1.165, 1.54) is 38.5 Å². The van der Waals surface area contributed by atoms with Crippen LogP contribution in [0.2, 0.25) is 0 Å². The number of aryl methyl sites for hydroxylation is 2. The third kappa shape index (κ3) is 2.36. The van der Waals surface area contributed by atoms with Crippen LogP contribution < -0.4 is 10.6 Å². The number of rotatable bonds is 3. The van der Waals surface area contributed by atoms with Crippen LogP contribution in [0.1, 0.15) is 49.8 Å². The highest BCUT2D eigenvalue weighted by atomic mass is 16.4. The summed E-state index contributed by atoms with van der Waals surface area (Å²) in [5, 5.41) is 16.8. The number of hydrogen-bond donors (Lipinski definition) is 2. The second-order valence-electron chi connectivity index (χ2n) is 6.34. The van der Waals surface area contributed by atoms with Gasteiger partial charge in [-0.15, -0.1) is 0 Å². The number of nitrogens with zero attached hydrogens (tertiary/aromatic N) is 4. The molecule has 21 heavy (non-hydrogen) atoms. The first-order valence-electron chi connectivity index (χ1n) is 7.91. The minimum atomic E-state index is 0.160. The SMILES string of the molecule is Cc1nn(C)c(N2CCCC2C2CCCC2)c1C(N)=NO. The predicted octanol–water partition coefficient (Wildman–Crippen LogP) is 1.98. The molecule has 2 fully saturated rings. The minimum Gasteiger partial charge on any atom is -0.409 e. The van der Waals surface area contributed by atoms with Gasteiger partial charge in [0.15, 0.2) is 5.84 Å². The highest BCUT2D eigenvalue weighted by Crippen LogP contribution is 2.39. The molecular formula is C15H25N5O. The molecule has 1 aliphatic carbocycles. The van der Waals surface area contributed by atoms with Gasteiger partial charge in [0.1, 0.15) is 5.82 Å². The lowest BCUT2D eigenvalue weighted by molar-refractivity contribution is 0.318. The van der Waals surface area contributed by atoms with Crippen LogP contribution in [0, 0.1) is 12.8 Å². The van der Waals surface area contributed by atoms with Crippen molar-refractivity contribution in [2.24, 2.45) is 23.9 Å². The Bertz CT molecular complexity index is 545. The van der Waals surface area contributed by atoms with Crippen molar-refractivity contribution in [3.63, 3.8) is 0 Å². The predicted molar refractivity (Wildman–Crippen MR) is 82.8 cm³/mol. The van der Waals surface area contributed by atoms with E-state index in [2.05, 4.69) is 15.2 Å². The van der Waals surface area contributed by atoms with E-state index in [1.54, 1.807) is 0 Å². The molecule has 116 valence electrons. The molecule has 1 aliphatic heterocycles. The summed E-state index contributed by atoms with van der Waals surface area (Å²) in [4.78, 5) is 2.45. The third-order valence-corrected chi connectivity index (χ3v) is 5.07. The third-order valence-electron chi connectivity index (χ3n) is 5.07. The summed E-state index contributed by atoms with van der Waals surface area (Å²) < 4.78 is 1.88. The van der Waals surface area contributed by atoms with Crippen LogP contribution in [0.3, 0.4) is 0 Å². The van der Waals surface area contributed by atoms with Crippen molar-refractivity contribution in [2.75, 3.05) is 11.4 Å². The highest BCUT2D eigenvalue weighted by Gasteiger charge is 2.36. The topological polar surface area (TPSA) is 79.7 Å². The Balaban J connectivity index is 1.99. The summed E-state index contributed by atoms with van der Waals surface area (Å²) in [6.07, 6.45) is 7.82. The van der Waals surface area contributed by atoms with Gasteiger partial charge >= 0.3 is 0 Å². The van der Waals surface area contributed by atoms with Gasteiger partial charge in [0.25, 0.3) is 0 Å². The lowest BCUT2D eigenvalue weighted by Gasteiger charge is -2.31. The summed E-state index contributed by atoms with van der Waals surface area (Å²) >= 11 is 0. The van der Waals surface area contributed by atoms with Crippen LogP contribution in [-0.2, 0) is 7.05 Å². The molecule has 1 saturated carbocycles. The van der Waals surface area contributed by atoms with Crippen LogP contribution in [0.5, 0.6) is 0 Å². The molecule has 6 heteroatoms. The van der Waals surface area contributed by atoms with Crippen molar-refractivity contribution < 1.29 is 5.21 Å². The lowest BCUT2D eigenvalue weighted by Crippen LogP contribution is -2.37. The Morgan fingerprint density at radius 3 is 2.67 bits per heavy atom. The van der Waals surface area contributed by atoms with Crippen LogP contribution in [0.25, 0.3) is 0 Å². The van der Waals surface area contributed by atoms with E-state index in [-0.39, 0.29) is 5.84 Å². The zero-order chi connectivity index (χ0) is 15.0. The largest absolute Gasteiger partial charge is 0.409 e. The van der Waals surface area contributed by atoms with Crippen LogP contribution in [0.15, 0.2) is 5.16 Å². The fourth-order valence-corrected chi connectivity index (χ4v) is 4.21. The van der Waals surface area contributed by atoms with Gasteiger partial charge in [-0.05, 0) is 38.5 Å². The van der Waals surface area contributed by atoms with Gasteiger partial charge in [-0.2, -0.15) is 5.10 Å². The van der Waals surface area contributed by atoms with Crippen molar-refractivity contribution in [2.45, 2.75) is 51.5 Å². The first kappa shape index (κ1) is 14.2. The van der Waals surface area contributed by atoms with Gasteiger partial charge in [-0.25, -0.2) is 0 Å². The smallest absolute Gasteiger partial charge is 0.175 e. The van der Waals surface area contributed by atoms with E-state index < -0.39 is 0 Å². The molecule has 0 spiro atoms. The number of oxime groups is 1. The van der Waals surface area contributed by atoms with E-state index in [4.69, 9.17) is 10.9 Å². The molecule has 3 rings (SSSR count). The molecule has 1 aromatic rings. The van der Waals surface area contributed by atoms with E-state index in [1.807, 2.05) is 18.7 Å². The Labute approximate surface area is 125 Å². The number of hydrogen-bond acceptors (Lipinski definition) is 4. The van der Waals surface area contributed by atoms with Gasteiger partial charge in [0, 0.05) is 19.6 Å². The Hall–Kier alpha value is -1.72. The molecule has 1 unspecified atom stereocenters. The van der Waals surface area contributed by atoms with Gasteiger partial charge in [-0.3, -0.25) is 4.68 Å². The highest BCUT2D eigenvalue weighted by molar-refractivity contribution is 6.02. The quantitative estimate of drug-likeness (QED) is 0.386. The number of aromatic nitrogens is 2. The van der Waals surface area contributed by atoms with Crippen LogP contribution >= 0.6 is 0 Å². The van der Waals surface area contributed by atoms with Crippen LogP contribution in [0.4, 0.5) is 5.82 Å². The van der Waals surface area contributed by atoms with Crippen LogP contribution in [-0.4, -0.2) is 33.4 Å². The Morgan fingerprint density at radius 2 is 2.00 bits per heavy atom. The number of nitrogens with two attached hydrogens (primary N) is 1. The maximum Gasteiger partial charge on any atom is 0.175 e.